The highest BCUT2D eigenvalue weighted by Gasteiger charge is 2.23. The van der Waals surface area contributed by atoms with Gasteiger partial charge in [-0.2, -0.15) is 0 Å². The average Bonchev–Trinajstić information content (AvgIpc) is 2.83. The van der Waals surface area contributed by atoms with Crippen LogP contribution < -0.4 is 11.3 Å². The summed E-state index contributed by atoms with van der Waals surface area (Å²) < 4.78 is 32.6. The summed E-state index contributed by atoms with van der Waals surface area (Å²) in [4.78, 5) is 0. The normalized spacial score (nSPS) is 12.7. The van der Waals surface area contributed by atoms with Gasteiger partial charge >= 0.3 is 0 Å². The van der Waals surface area contributed by atoms with Crippen LogP contribution in [0.25, 0.3) is 0 Å². The number of hydrogen-bond donors (Lipinski definition) is 2. The van der Waals surface area contributed by atoms with E-state index in [9.17, 15) is 8.78 Å². The van der Waals surface area contributed by atoms with Crippen LogP contribution in [-0.2, 0) is 0 Å². The molecule has 0 aliphatic rings. The molecule has 17 heavy (non-hydrogen) atoms. The maximum Gasteiger partial charge on any atom is 0.145 e. The van der Waals surface area contributed by atoms with Crippen LogP contribution in [0.2, 0.25) is 0 Å². The monoisotopic (exact) mass is 302 g/mol. The zero-order valence-electron chi connectivity index (χ0n) is 8.58. The fraction of sp³-hybridized carbons (Fsp3) is 0.0909. The lowest BCUT2D eigenvalue weighted by molar-refractivity contribution is 0.501. The lowest BCUT2D eigenvalue weighted by atomic mass is 10.0. The van der Waals surface area contributed by atoms with Gasteiger partial charge in [0.1, 0.15) is 11.6 Å². The SMILES string of the molecule is NNC(c1ccoc1)c1c(F)ccc(Br)c1F. The lowest BCUT2D eigenvalue weighted by Crippen LogP contribution is -2.30. The molecule has 0 amide bonds. The van der Waals surface area contributed by atoms with E-state index >= 15 is 0 Å². The van der Waals surface area contributed by atoms with Crippen molar-refractivity contribution in [2.24, 2.45) is 5.84 Å². The predicted molar refractivity (Wildman–Crippen MR) is 61.9 cm³/mol. The van der Waals surface area contributed by atoms with Crippen LogP contribution in [-0.4, -0.2) is 0 Å². The Morgan fingerprint density at radius 2 is 2.06 bits per heavy atom. The van der Waals surface area contributed by atoms with E-state index in [1.54, 1.807) is 6.07 Å². The predicted octanol–water partition coefficient (Wildman–Crippen LogP) is 2.87. The fourth-order valence-corrected chi connectivity index (χ4v) is 1.94. The highest BCUT2D eigenvalue weighted by atomic mass is 79.9. The molecule has 1 aromatic carbocycles. The van der Waals surface area contributed by atoms with Gasteiger partial charge in [-0.15, -0.1) is 0 Å². The van der Waals surface area contributed by atoms with Crippen LogP contribution >= 0.6 is 15.9 Å². The molecular formula is C11H9BrF2N2O. The fourth-order valence-electron chi connectivity index (χ4n) is 1.59. The Kier molecular flexibility index (Phi) is 3.56. The molecule has 90 valence electrons. The van der Waals surface area contributed by atoms with E-state index < -0.39 is 17.7 Å². The van der Waals surface area contributed by atoms with Gasteiger partial charge in [0, 0.05) is 11.1 Å². The molecule has 0 spiro atoms. The molecule has 0 aliphatic carbocycles. The smallest absolute Gasteiger partial charge is 0.145 e. The maximum atomic E-state index is 13.9. The summed E-state index contributed by atoms with van der Waals surface area (Å²) in [5, 5.41) is 0. The topological polar surface area (TPSA) is 51.2 Å². The standard InChI is InChI=1S/C11H9BrF2N2O/c12-7-1-2-8(13)9(10(7)14)11(16-15)6-3-4-17-5-6/h1-5,11,16H,15H2. The van der Waals surface area contributed by atoms with Crippen LogP contribution in [0.1, 0.15) is 17.2 Å². The summed E-state index contributed by atoms with van der Waals surface area (Å²) in [7, 11) is 0. The molecule has 1 heterocycles. The molecule has 0 fully saturated rings. The van der Waals surface area contributed by atoms with Crippen molar-refractivity contribution in [1.82, 2.24) is 5.43 Å². The zero-order chi connectivity index (χ0) is 12.4. The average molecular weight is 303 g/mol. The van der Waals surface area contributed by atoms with Gasteiger partial charge in [0.05, 0.1) is 23.0 Å². The van der Waals surface area contributed by atoms with E-state index in [0.29, 0.717) is 5.56 Å². The van der Waals surface area contributed by atoms with Crippen molar-refractivity contribution in [1.29, 1.82) is 0 Å². The first-order valence-corrected chi connectivity index (χ1v) is 5.56. The first-order valence-electron chi connectivity index (χ1n) is 4.76. The van der Waals surface area contributed by atoms with Crippen molar-refractivity contribution >= 4 is 15.9 Å². The molecule has 1 aromatic heterocycles. The van der Waals surface area contributed by atoms with E-state index in [-0.39, 0.29) is 10.0 Å². The molecule has 2 aromatic rings. The van der Waals surface area contributed by atoms with Gasteiger partial charge < -0.3 is 4.42 Å². The van der Waals surface area contributed by atoms with Crippen molar-refractivity contribution in [3.8, 4) is 0 Å². The minimum Gasteiger partial charge on any atom is -0.472 e. The molecule has 3 N–H and O–H groups in total. The Balaban J connectivity index is 2.55. The third-order valence-electron chi connectivity index (χ3n) is 2.41. The van der Waals surface area contributed by atoms with Gasteiger partial charge in [-0.05, 0) is 34.1 Å². The van der Waals surface area contributed by atoms with E-state index in [1.807, 2.05) is 0 Å². The number of nitrogens with one attached hydrogen (secondary N) is 1. The summed E-state index contributed by atoms with van der Waals surface area (Å²) in [6.45, 7) is 0. The maximum absolute atomic E-state index is 13.9. The van der Waals surface area contributed by atoms with Crippen molar-refractivity contribution in [2.45, 2.75) is 6.04 Å². The first-order chi connectivity index (χ1) is 8.15. The highest BCUT2D eigenvalue weighted by molar-refractivity contribution is 9.10. The molecule has 0 aliphatic heterocycles. The molecular weight excluding hydrogens is 294 g/mol. The quantitative estimate of drug-likeness (QED) is 0.521. The summed E-state index contributed by atoms with van der Waals surface area (Å²) in [5.41, 5.74) is 2.76. The lowest BCUT2D eigenvalue weighted by Gasteiger charge is -2.16. The molecule has 1 atom stereocenters. The van der Waals surface area contributed by atoms with Crippen LogP contribution in [0.4, 0.5) is 8.78 Å². The molecule has 1 unspecified atom stereocenters. The third-order valence-corrected chi connectivity index (χ3v) is 3.02. The van der Waals surface area contributed by atoms with Gasteiger partial charge in [0.25, 0.3) is 0 Å². The minimum absolute atomic E-state index is 0.150. The van der Waals surface area contributed by atoms with Gasteiger partial charge in [-0.3, -0.25) is 5.84 Å². The zero-order valence-corrected chi connectivity index (χ0v) is 10.2. The third kappa shape index (κ3) is 2.24. The second kappa shape index (κ2) is 4.95. The summed E-state index contributed by atoms with van der Waals surface area (Å²) in [6.07, 6.45) is 2.79. The molecule has 0 bridgehead atoms. The Hall–Kier alpha value is -1.24. The largest absolute Gasteiger partial charge is 0.472 e. The number of hydrogen-bond acceptors (Lipinski definition) is 3. The van der Waals surface area contributed by atoms with E-state index in [0.717, 1.165) is 0 Å². The van der Waals surface area contributed by atoms with Crippen LogP contribution in [0.3, 0.4) is 0 Å². The van der Waals surface area contributed by atoms with Crippen molar-refractivity contribution < 1.29 is 13.2 Å². The van der Waals surface area contributed by atoms with Gasteiger partial charge in [0.2, 0.25) is 0 Å². The molecule has 0 radical (unpaired) electrons. The number of benzene rings is 1. The summed E-state index contributed by atoms with van der Waals surface area (Å²) in [6, 6.07) is 3.26. The van der Waals surface area contributed by atoms with Crippen molar-refractivity contribution in [2.75, 3.05) is 0 Å². The second-order valence-electron chi connectivity index (χ2n) is 3.41. The van der Waals surface area contributed by atoms with Gasteiger partial charge in [-0.1, -0.05) is 0 Å². The van der Waals surface area contributed by atoms with Crippen LogP contribution in [0.5, 0.6) is 0 Å². The highest BCUT2D eigenvalue weighted by Crippen LogP contribution is 2.30. The Labute approximate surface area is 105 Å². The number of furan rings is 1. The van der Waals surface area contributed by atoms with E-state index in [4.69, 9.17) is 10.3 Å². The first kappa shape index (κ1) is 12.2. The Morgan fingerprint density at radius 3 is 2.65 bits per heavy atom. The number of halogens is 3. The molecule has 6 heteroatoms. The Bertz CT molecular complexity index is 516. The minimum atomic E-state index is -0.800. The van der Waals surface area contributed by atoms with E-state index in [1.165, 1.54) is 24.7 Å². The molecule has 2 rings (SSSR count). The van der Waals surface area contributed by atoms with Crippen molar-refractivity contribution in [3.05, 3.63) is 58.0 Å². The second-order valence-corrected chi connectivity index (χ2v) is 4.27. The van der Waals surface area contributed by atoms with Gasteiger partial charge in [-0.25, -0.2) is 14.2 Å². The van der Waals surface area contributed by atoms with Crippen LogP contribution in [0.15, 0.2) is 39.6 Å². The molecule has 0 saturated carbocycles. The summed E-state index contributed by atoms with van der Waals surface area (Å²) >= 11 is 3.01. The summed E-state index contributed by atoms with van der Waals surface area (Å²) in [5.74, 6) is 3.99. The Morgan fingerprint density at radius 1 is 1.29 bits per heavy atom. The number of hydrazine groups is 1. The molecule has 0 saturated heterocycles. The van der Waals surface area contributed by atoms with Crippen molar-refractivity contribution in [3.63, 3.8) is 0 Å². The number of nitrogens with two attached hydrogens (primary N) is 1. The molecule has 3 nitrogen and oxygen atoms in total. The number of rotatable bonds is 3. The van der Waals surface area contributed by atoms with Gasteiger partial charge in [0.15, 0.2) is 0 Å². The van der Waals surface area contributed by atoms with E-state index in [2.05, 4.69) is 21.4 Å². The van der Waals surface area contributed by atoms with Crippen LogP contribution in [0, 0.1) is 11.6 Å².